The zero-order chi connectivity index (χ0) is 20.9. The molecular weight excluding hydrogens is 372 g/mol. The molecule has 4 rings (SSSR count). The van der Waals surface area contributed by atoms with Gasteiger partial charge in [-0.1, -0.05) is 84.9 Å². The van der Waals surface area contributed by atoms with Crippen molar-refractivity contribution >= 4 is 5.78 Å². The minimum absolute atomic E-state index is 0.00634. The molecule has 4 aromatic rings. The molecule has 3 heteroatoms. The Bertz CT molecular complexity index is 1070. The summed E-state index contributed by atoms with van der Waals surface area (Å²) >= 11 is 0. The minimum Gasteiger partial charge on any atom is -0.496 e. The SMILES string of the molecule is COc1ccccc1-c1ccc(C(=O)c2ccc(-c3ccccc3OC)cc2)cc1. The predicted molar refractivity (Wildman–Crippen MR) is 120 cm³/mol. The van der Waals surface area contributed by atoms with E-state index in [0.29, 0.717) is 11.1 Å². The Morgan fingerprint density at radius 2 is 0.900 bits per heavy atom. The minimum atomic E-state index is -0.00634. The van der Waals surface area contributed by atoms with Gasteiger partial charge in [0.15, 0.2) is 5.78 Å². The second kappa shape index (κ2) is 8.66. The van der Waals surface area contributed by atoms with E-state index in [0.717, 1.165) is 33.8 Å². The lowest BCUT2D eigenvalue weighted by atomic mass is 9.97. The van der Waals surface area contributed by atoms with E-state index < -0.39 is 0 Å². The van der Waals surface area contributed by atoms with Gasteiger partial charge >= 0.3 is 0 Å². The second-order valence-corrected chi connectivity index (χ2v) is 6.88. The van der Waals surface area contributed by atoms with Gasteiger partial charge in [0, 0.05) is 22.3 Å². The molecule has 0 aliphatic carbocycles. The van der Waals surface area contributed by atoms with Gasteiger partial charge in [-0.15, -0.1) is 0 Å². The lowest BCUT2D eigenvalue weighted by Crippen LogP contribution is -2.01. The van der Waals surface area contributed by atoms with Crippen molar-refractivity contribution in [2.24, 2.45) is 0 Å². The molecule has 0 spiro atoms. The Hall–Kier alpha value is -3.85. The van der Waals surface area contributed by atoms with Crippen molar-refractivity contribution in [1.82, 2.24) is 0 Å². The van der Waals surface area contributed by atoms with Crippen LogP contribution in [-0.4, -0.2) is 20.0 Å². The Balaban J connectivity index is 1.57. The molecular formula is C27H22O3. The summed E-state index contributed by atoms with van der Waals surface area (Å²) in [5, 5.41) is 0. The van der Waals surface area contributed by atoms with Gasteiger partial charge in [0.25, 0.3) is 0 Å². The van der Waals surface area contributed by atoms with Gasteiger partial charge in [0.2, 0.25) is 0 Å². The third-order valence-electron chi connectivity index (χ3n) is 5.13. The number of ketones is 1. The molecule has 0 aliphatic rings. The van der Waals surface area contributed by atoms with Crippen LogP contribution in [0.2, 0.25) is 0 Å². The number of para-hydroxylation sites is 2. The second-order valence-electron chi connectivity index (χ2n) is 6.88. The molecule has 0 saturated carbocycles. The fourth-order valence-electron chi connectivity index (χ4n) is 3.54. The van der Waals surface area contributed by atoms with Crippen molar-refractivity contribution in [2.75, 3.05) is 14.2 Å². The first-order valence-corrected chi connectivity index (χ1v) is 9.73. The summed E-state index contributed by atoms with van der Waals surface area (Å²) in [4.78, 5) is 12.9. The maximum absolute atomic E-state index is 12.9. The third-order valence-corrected chi connectivity index (χ3v) is 5.13. The average Bonchev–Trinajstić information content (AvgIpc) is 2.83. The molecule has 148 valence electrons. The Morgan fingerprint density at radius 3 is 1.27 bits per heavy atom. The highest BCUT2D eigenvalue weighted by atomic mass is 16.5. The molecule has 0 saturated heterocycles. The fraction of sp³-hybridized carbons (Fsp3) is 0.0741. The molecule has 0 aromatic heterocycles. The van der Waals surface area contributed by atoms with Crippen LogP contribution in [0, 0.1) is 0 Å². The molecule has 0 atom stereocenters. The van der Waals surface area contributed by atoms with Crippen LogP contribution in [0.25, 0.3) is 22.3 Å². The highest BCUT2D eigenvalue weighted by molar-refractivity contribution is 6.09. The third kappa shape index (κ3) is 3.83. The van der Waals surface area contributed by atoms with Crippen molar-refractivity contribution in [1.29, 1.82) is 0 Å². The zero-order valence-electron chi connectivity index (χ0n) is 17.0. The summed E-state index contributed by atoms with van der Waals surface area (Å²) in [5.41, 5.74) is 5.32. The summed E-state index contributed by atoms with van der Waals surface area (Å²) in [6.07, 6.45) is 0. The van der Waals surface area contributed by atoms with Crippen molar-refractivity contribution < 1.29 is 14.3 Å². The van der Waals surface area contributed by atoms with Crippen LogP contribution in [-0.2, 0) is 0 Å². The molecule has 0 heterocycles. The molecule has 0 unspecified atom stereocenters. The van der Waals surface area contributed by atoms with E-state index >= 15 is 0 Å². The lowest BCUT2D eigenvalue weighted by molar-refractivity contribution is 0.103. The molecule has 0 N–H and O–H groups in total. The van der Waals surface area contributed by atoms with Crippen LogP contribution in [0.5, 0.6) is 11.5 Å². The Morgan fingerprint density at radius 1 is 0.533 bits per heavy atom. The van der Waals surface area contributed by atoms with E-state index in [9.17, 15) is 4.79 Å². The molecule has 0 amide bonds. The van der Waals surface area contributed by atoms with Gasteiger partial charge in [-0.2, -0.15) is 0 Å². The van der Waals surface area contributed by atoms with E-state index in [2.05, 4.69) is 0 Å². The summed E-state index contributed by atoms with van der Waals surface area (Å²) in [6, 6.07) is 30.9. The monoisotopic (exact) mass is 394 g/mol. The van der Waals surface area contributed by atoms with Gasteiger partial charge < -0.3 is 9.47 Å². The number of hydrogen-bond donors (Lipinski definition) is 0. The largest absolute Gasteiger partial charge is 0.496 e. The van der Waals surface area contributed by atoms with Crippen molar-refractivity contribution in [2.45, 2.75) is 0 Å². The molecule has 4 aromatic carbocycles. The molecule has 30 heavy (non-hydrogen) atoms. The first kappa shape index (κ1) is 19.5. The highest BCUT2D eigenvalue weighted by Crippen LogP contribution is 2.31. The van der Waals surface area contributed by atoms with Crippen molar-refractivity contribution in [3.05, 3.63) is 108 Å². The first-order chi connectivity index (χ1) is 14.7. The molecule has 0 radical (unpaired) electrons. The number of benzene rings is 4. The molecule has 3 nitrogen and oxygen atoms in total. The number of carbonyl (C=O) groups is 1. The maximum Gasteiger partial charge on any atom is 0.193 e. The quantitative estimate of drug-likeness (QED) is 0.362. The van der Waals surface area contributed by atoms with Crippen LogP contribution in [0.4, 0.5) is 0 Å². The normalized spacial score (nSPS) is 10.5. The van der Waals surface area contributed by atoms with E-state index in [1.54, 1.807) is 14.2 Å². The Kier molecular flexibility index (Phi) is 5.62. The molecule has 0 bridgehead atoms. The number of methoxy groups -OCH3 is 2. The summed E-state index contributed by atoms with van der Waals surface area (Å²) < 4.78 is 10.9. The Labute approximate surface area is 176 Å². The van der Waals surface area contributed by atoms with Crippen LogP contribution in [0.3, 0.4) is 0 Å². The molecule has 0 aliphatic heterocycles. The van der Waals surface area contributed by atoms with Crippen LogP contribution >= 0.6 is 0 Å². The maximum atomic E-state index is 12.9. The number of carbonyl (C=O) groups excluding carboxylic acids is 1. The lowest BCUT2D eigenvalue weighted by Gasteiger charge is -2.10. The smallest absolute Gasteiger partial charge is 0.193 e. The van der Waals surface area contributed by atoms with Gasteiger partial charge in [0.1, 0.15) is 11.5 Å². The van der Waals surface area contributed by atoms with Crippen molar-refractivity contribution in [3.8, 4) is 33.8 Å². The average molecular weight is 394 g/mol. The van der Waals surface area contributed by atoms with Crippen LogP contribution in [0.15, 0.2) is 97.1 Å². The molecule has 0 fully saturated rings. The van der Waals surface area contributed by atoms with Gasteiger partial charge in [-0.3, -0.25) is 4.79 Å². The summed E-state index contributed by atoms with van der Waals surface area (Å²) in [7, 11) is 3.32. The standard InChI is InChI=1S/C27H22O3/c1-29-25-9-5-3-7-23(25)19-11-15-21(16-12-19)27(28)22-17-13-20(14-18-22)24-8-4-6-10-26(24)30-2/h3-18H,1-2H3. The highest BCUT2D eigenvalue weighted by Gasteiger charge is 2.12. The first-order valence-electron chi connectivity index (χ1n) is 9.73. The van der Waals surface area contributed by atoms with Gasteiger partial charge in [-0.25, -0.2) is 0 Å². The van der Waals surface area contributed by atoms with Gasteiger partial charge in [0.05, 0.1) is 14.2 Å². The number of rotatable bonds is 6. The van der Waals surface area contributed by atoms with E-state index in [4.69, 9.17) is 9.47 Å². The zero-order valence-corrected chi connectivity index (χ0v) is 17.0. The van der Waals surface area contributed by atoms with Crippen LogP contribution in [0.1, 0.15) is 15.9 Å². The van der Waals surface area contributed by atoms with Crippen LogP contribution < -0.4 is 9.47 Å². The predicted octanol–water partition coefficient (Wildman–Crippen LogP) is 6.27. The number of hydrogen-bond acceptors (Lipinski definition) is 3. The topological polar surface area (TPSA) is 35.5 Å². The summed E-state index contributed by atoms with van der Waals surface area (Å²) in [6.45, 7) is 0. The summed E-state index contributed by atoms with van der Waals surface area (Å²) in [5.74, 6) is 1.61. The van der Waals surface area contributed by atoms with Gasteiger partial charge in [-0.05, 0) is 23.3 Å². The van der Waals surface area contributed by atoms with Crippen molar-refractivity contribution in [3.63, 3.8) is 0 Å². The van der Waals surface area contributed by atoms with E-state index in [1.165, 1.54) is 0 Å². The fourth-order valence-corrected chi connectivity index (χ4v) is 3.54. The number of ether oxygens (including phenoxy) is 2. The van der Waals surface area contributed by atoms with E-state index in [1.807, 2.05) is 97.1 Å². The van der Waals surface area contributed by atoms with E-state index in [-0.39, 0.29) is 5.78 Å².